The molecule has 2 aliphatic rings. The summed E-state index contributed by atoms with van der Waals surface area (Å²) in [6.07, 6.45) is 3.84. The van der Waals surface area contributed by atoms with Crippen LogP contribution in [0.25, 0.3) is 0 Å². The van der Waals surface area contributed by atoms with Crippen LogP contribution >= 0.6 is 0 Å². The molecule has 0 bridgehead atoms. The van der Waals surface area contributed by atoms with E-state index in [2.05, 4.69) is 23.8 Å². The van der Waals surface area contributed by atoms with Gasteiger partial charge < -0.3 is 9.64 Å². The molecule has 1 saturated heterocycles. The van der Waals surface area contributed by atoms with Gasteiger partial charge in [-0.05, 0) is 23.8 Å². The second kappa shape index (κ2) is 4.51. The van der Waals surface area contributed by atoms with Gasteiger partial charge in [0.1, 0.15) is 0 Å². The lowest BCUT2D eigenvalue weighted by atomic mass is 9.48. The van der Waals surface area contributed by atoms with Crippen LogP contribution in [0.3, 0.4) is 0 Å². The molecule has 0 spiro atoms. The average Bonchev–Trinajstić information content (AvgIpc) is 2.82. The van der Waals surface area contributed by atoms with Crippen LogP contribution in [0.1, 0.15) is 30.9 Å². The van der Waals surface area contributed by atoms with Gasteiger partial charge in [-0.3, -0.25) is 9.59 Å². The van der Waals surface area contributed by atoms with Crippen molar-refractivity contribution in [3.63, 3.8) is 0 Å². The SMILES string of the molecule is COC(=O)[C@@]12CN(C(=O)c3ncccn3)C[C@@H]1C(C)(C)C2. The summed E-state index contributed by atoms with van der Waals surface area (Å²) < 4.78 is 4.98. The van der Waals surface area contributed by atoms with Crippen molar-refractivity contribution in [1.82, 2.24) is 14.9 Å². The third-order valence-corrected chi connectivity index (χ3v) is 4.89. The molecule has 0 radical (unpaired) electrons. The predicted molar refractivity (Wildman–Crippen MR) is 74.3 cm³/mol. The van der Waals surface area contributed by atoms with E-state index in [9.17, 15) is 9.59 Å². The fraction of sp³-hybridized carbons (Fsp3) is 0.600. The monoisotopic (exact) mass is 289 g/mol. The molecule has 0 aromatic carbocycles. The summed E-state index contributed by atoms with van der Waals surface area (Å²) in [5.41, 5.74) is -0.510. The van der Waals surface area contributed by atoms with E-state index in [1.165, 1.54) is 7.11 Å². The summed E-state index contributed by atoms with van der Waals surface area (Å²) in [6, 6.07) is 1.67. The number of likely N-dealkylation sites (tertiary alicyclic amines) is 1. The molecule has 1 amide bonds. The van der Waals surface area contributed by atoms with E-state index < -0.39 is 5.41 Å². The van der Waals surface area contributed by atoms with Crippen LogP contribution in [-0.2, 0) is 9.53 Å². The molecule has 1 saturated carbocycles. The van der Waals surface area contributed by atoms with E-state index >= 15 is 0 Å². The summed E-state index contributed by atoms with van der Waals surface area (Å²) in [5, 5.41) is 0. The Morgan fingerprint density at radius 3 is 2.57 bits per heavy atom. The average molecular weight is 289 g/mol. The Kier molecular flexibility index (Phi) is 3.00. The minimum absolute atomic E-state index is 0.0424. The van der Waals surface area contributed by atoms with Crippen molar-refractivity contribution in [3.8, 4) is 0 Å². The summed E-state index contributed by atoms with van der Waals surface area (Å²) in [4.78, 5) is 34.4. The van der Waals surface area contributed by atoms with Gasteiger partial charge in [-0.1, -0.05) is 13.8 Å². The third-order valence-electron chi connectivity index (χ3n) is 4.89. The number of carbonyl (C=O) groups is 2. The van der Waals surface area contributed by atoms with Crippen LogP contribution in [0.5, 0.6) is 0 Å². The first kappa shape index (κ1) is 14.0. The number of ether oxygens (including phenoxy) is 1. The fourth-order valence-corrected chi connectivity index (χ4v) is 4.08. The number of hydrogen-bond donors (Lipinski definition) is 0. The molecule has 2 atom stereocenters. The molecule has 21 heavy (non-hydrogen) atoms. The Balaban J connectivity index is 1.86. The van der Waals surface area contributed by atoms with Crippen molar-refractivity contribution in [2.45, 2.75) is 20.3 Å². The smallest absolute Gasteiger partial charge is 0.314 e. The van der Waals surface area contributed by atoms with E-state index in [0.717, 1.165) is 6.42 Å². The van der Waals surface area contributed by atoms with Gasteiger partial charge >= 0.3 is 5.97 Å². The Labute approximate surface area is 123 Å². The van der Waals surface area contributed by atoms with Gasteiger partial charge in [0.2, 0.25) is 5.82 Å². The first-order valence-electron chi connectivity index (χ1n) is 7.05. The number of amides is 1. The number of carbonyl (C=O) groups excluding carboxylic acids is 2. The van der Waals surface area contributed by atoms with Gasteiger partial charge in [0.05, 0.1) is 12.5 Å². The highest BCUT2D eigenvalue weighted by atomic mass is 16.5. The van der Waals surface area contributed by atoms with Gasteiger partial charge in [0, 0.05) is 25.5 Å². The molecule has 1 aliphatic heterocycles. The number of rotatable bonds is 2. The van der Waals surface area contributed by atoms with Crippen LogP contribution < -0.4 is 0 Å². The lowest BCUT2D eigenvalue weighted by Crippen LogP contribution is -2.57. The molecule has 1 aromatic heterocycles. The van der Waals surface area contributed by atoms with Crippen LogP contribution in [0.2, 0.25) is 0 Å². The van der Waals surface area contributed by atoms with Crippen molar-refractivity contribution in [1.29, 1.82) is 0 Å². The Hall–Kier alpha value is -1.98. The topological polar surface area (TPSA) is 72.4 Å². The molecule has 2 heterocycles. The molecule has 1 aliphatic carbocycles. The fourth-order valence-electron chi connectivity index (χ4n) is 4.08. The quantitative estimate of drug-likeness (QED) is 0.763. The molecule has 6 heteroatoms. The minimum atomic E-state index is -0.553. The highest BCUT2D eigenvalue weighted by molar-refractivity contribution is 5.92. The molecular weight excluding hydrogens is 270 g/mol. The molecule has 3 rings (SSSR count). The zero-order valence-corrected chi connectivity index (χ0v) is 12.5. The van der Waals surface area contributed by atoms with Crippen molar-refractivity contribution in [3.05, 3.63) is 24.3 Å². The number of fused-ring (bicyclic) bond motifs is 1. The number of esters is 1. The Morgan fingerprint density at radius 1 is 1.33 bits per heavy atom. The lowest BCUT2D eigenvalue weighted by molar-refractivity contribution is -0.174. The van der Waals surface area contributed by atoms with E-state index in [1.807, 2.05) is 0 Å². The van der Waals surface area contributed by atoms with Crippen LogP contribution in [0.4, 0.5) is 0 Å². The van der Waals surface area contributed by atoms with Crippen LogP contribution in [0, 0.1) is 16.7 Å². The highest BCUT2D eigenvalue weighted by Gasteiger charge is 2.68. The maximum Gasteiger partial charge on any atom is 0.314 e. The third kappa shape index (κ3) is 1.92. The summed E-state index contributed by atoms with van der Waals surface area (Å²) in [5.74, 6) is -0.123. The second-order valence-electron chi connectivity index (χ2n) is 6.62. The van der Waals surface area contributed by atoms with E-state index in [1.54, 1.807) is 23.4 Å². The maximum absolute atomic E-state index is 12.5. The van der Waals surface area contributed by atoms with E-state index in [-0.39, 0.29) is 29.0 Å². The largest absolute Gasteiger partial charge is 0.469 e. The molecule has 0 unspecified atom stereocenters. The molecular formula is C15H19N3O3. The Morgan fingerprint density at radius 2 is 2.00 bits per heavy atom. The summed E-state index contributed by atoms with van der Waals surface area (Å²) >= 11 is 0. The van der Waals surface area contributed by atoms with Crippen LogP contribution in [-0.4, -0.2) is 46.9 Å². The summed E-state index contributed by atoms with van der Waals surface area (Å²) in [6.45, 7) is 5.21. The minimum Gasteiger partial charge on any atom is -0.469 e. The molecule has 6 nitrogen and oxygen atoms in total. The zero-order chi connectivity index (χ0) is 15.3. The predicted octanol–water partition coefficient (Wildman–Crippen LogP) is 1.14. The molecule has 0 N–H and O–H groups in total. The van der Waals surface area contributed by atoms with Crippen molar-refractivity contribution >= 4 is 11.9 Å². The first-order valence-corrected chi connectivity index (χ1v) is 7.05. The molecule has 112 valence electrons. The number of hydrogen-bond acceptors (Lipinski definition) is 5. The van der Waals surface area contributed by atoms with Crippen molar-refractivity contribution in [2.75, 3.05) is 20.2 Å². The molecule has 2 fully saturated rings. The van der Waals surface area contributed by atoms with Crippen molar-refractivity contribution < 1.29 is 14.3 Å². The van der Waals surface area contributed by atoms with Gasteiger partial charge in [-0.25, -0.2) is 9.97 Å². The lowest BCUT2D eigenvalue weighted by Gasteiger charge is -2.54. The number of methoxy groups -OCH3 is 1. The van der Waals surface area contributed by atoms with Gasteiger partial charge in [-0.2, -0.15) is 0 Å². The van der Waals surface area contributed by atoms with E-state index in [4.69, 9.17) is 4.74 Å². The number of nitrogens with zero attached hydrogens (tertiary/aromatic N) is 3. The van der Waals surface area contributed by atoms with Crippen molar-refractivity contribution in [2.24, 2.45) is 16.7 Å². The second-order valence-corrected chi connectivity index (χ2v) is 6.62. The standard InChI is InChI=1S/C15H19N3O3/c1-14(2)8-15(13(20)21-3)9-18(7-10(14)15)12(19)11-16-5-4-6-17-11/h4-6,10H,7-9H2,1-3H3/t10-,15+/m1/s1. The van der Waals surface area contributed by atoms with E-state index in [0.29, 0.717) is 13.1 Å². The van der Waals surface area contributed by atoms with Gasteiger partial charge in [0.15, 0.2) is 0 Å². The zero-order valence-electron chi connectivity index (χ0n) is 12.5. The van der Waals surface area contributed by atoms with Gasteiger partial charge in [-0.15, -0.1) is 0 Å². The number of aromatic nitrogens is 2. The normalized spacial score (nSPS) is 29.5. The summed E-state index contributed by atoms with van der Waals surface area (Å²) in [7, 11) is 1.41. The maximum atomic E-state index is 12.5. The van der Waals surface area contributed by atoms with Gasteiger partial charge in [0.25, 0.3) is 5.91 Å². The van der Waals surface area contributed by atoms with Crippen LogP contribution in [0.15, 0.2) is 18.5 Å². The first-order chi connectivity index (χ1) is 9.90. The Bertz CT molecular complexity index is 587. The highest BCUT2D eigenvalue weighted by Crippen LogP contribution is 2.63. The molecule has 1 aromatic rings.